The van der Waals surface area contributed by atoms with Gasteiger partial charge in [0.05, 0.1) is 25.1 Å². The summed E-state index contributed by atoms with van der Waals surface area (Å²) in [6.45, 7) is 8.41. The third-order valence-corrected chi connectivity index (χ3v) is 9.89. The van der Waals surface area contributed by atoms with Crippen LogP contribution in [0, 0.1) is 5.41 Å². The summed E-state index contributed by atoms with van der Waals surface area (Å²) in [5, 5.41) is 5.83. The highest BCUT2D eigenvalue weighted by Crippen LogP contribution is 2.52. The Morgan fingerprint density at radius 1 is 1.12 bits per heavy atom. The Morgan fingerprint density at radius 3 is 2.45 bits per heavy atom. The quantitative estimate of drug-likeness (QED) is 0.0725. The van der Waals surface area contributed by atoms with Crippen LogP contribution in [0.2, 0.25) is 5.28 Å². The van der Waals surface area contributed by atoms with Gasteiger partial charge in [-0.3, -0.25) is 13.9 Å². The molecule has 16 heteroatoms. The van der Waals surface area contributed by atoms with E-state index in [-0.39, 0.29) is 29.7 Å². The second-order valence-corrected chi connectivity index (χ2v) is 14.7. The highest BCUT2D eigenvalue weighted by Gasteiger charge is 2.56. The van der Waals surface area contributed by atoms with Crippen LogP contribution in [0.5, 0.6) is 5.75 Å². The zero-order valence-corrected chi connectivity index (χ0v) is 29.6. The Bertz CT molecular complexity index is 1770. The Labute approximate surface area is 289 Å². The van der Waals surface area contributed by atoms with Crippen LogP contribution in [0.15, 0.2) is 67.0 Å². The summed E-state index contributed by atoms with van der Waals surface area (Å²) in [6, 6.07) is 16.6. The molecule has 0 spiro atoms. The predicted octanol–water partition coefficient (Wildman–Crippen LogP) is 6.20. The number of halogens is 2. The molecule has 0 amide bonds. The molecule has 0 aliphatic carbocycles. The van der Waals surface area contributed by atoms with Crippen LogP contribution >= 0.6 is 19.3 Å². The van der Waals surface area contributed by atoms with Gasteiger partial charge in [-0.15, -0.1) is 0 Å². The van der Waals surface area contributed by atoms with Gasteiger partial charge in [0.1, 0.15) is 11.8 Å². The number of nitrogens with one attached hydrogen (secondary N) is 2. The minimum atomic E-state index is -4.27. The number of carbonyl (C=O) groups is 1. The predicted molar refractivity (Wildman–Crippen MR) is 184 cm³/mol. The van der Waals surface area contributed by atoms with Gasteiger partial charge >= 0.3 is 13.7 Å². The van der Waals surface area contributed by atoms with E-state index in [4.69, 9.17) is 35.9 Å². The number of hydrogen-bond acceptors (Lipinski definition) is 11. The molecular weight excluding hydrogens is 676 g/mol. The number of ether oxygens (including phenoxy) is 2. The molecule has 0 bridgehead atoms. The summed E-state index contributed by atoms with van der Waals surface area (Å²) in [5.74, 6) is -0.0456. The lowest BCUT2D eigenvalue weighted by Crippen LogP contribution is -2.42. The third kappa shape index (κ3) is 8.75. The number of aromatic nitrogens is 4. The third-order valence-electron chi connectivity index (χ3n) is 8.07. The molecule has 1 fully saturated rings. The number of para-hydroxylation sites is 1. The summed E-state index contributed by atoms with van der Waals surface area (Å²) in [7, 11) is -4.27. The van der Waals surface area contributed by atoms with E-state index in [0.29, 0.717) is 17.9 Å². The number of anilines is 1. The molecule has 13 nitrogen and oxygen atoms in total. The van der Waals surface area contributed by atoms with Crippen LogP contribution in [0.25, 0.3) is 11.2 Å². The fourth-order valence-corrected chi connectivity index (χ4v) is 7.41. The summed E-state index contributed by atoms with van der Waals surface area (Å²) >= 11 is 6.33. The van der Waals surface area contributed by atoms with Crippen molar-refractivity contribution in [1.82, 2.24) is 24.6 Å². The number of imidazole rings is 1. The molecule has 2 aromatic heterocycles. The fourth-order valence-electron chi connectivity index (χ4n) is 5.75. The minimum absolute atomic E-state index is 0.0633. The molecule has 4 unspecified atom stereocenters. The molecule has 5 rings (SSSR count). The van der Waals surface area contributed by atoms with Gasteiger partial charge in [0, 0.05) is 18.0 Å². The minimum Gasteiger partial charge on any atom is -0.462 e. The number of rotatable bonds is 15. The van der Waals surface area contributed by atoms with Crippen molar-refractivity contribution >= 4 is 42.3 Å². The van der Waals surface area contributed by atoms with Crippen molar-refractivity contribution in [3.05, 3.63) is 77.8 Å². The smallest absolute Gasteiger partial charge is 0.459 e. The lowest BCUT2D eigenvalue weighted by molar-refractivity contribution is -0.149. The van der Waals surface area contributed by atoms with Crippen LogP contribution in [0.4, 0.5) is 10.2 Å². The normalized spacial score (nSPS) is 23.2. The topological polar surface area (TPSA) is 165 Å². The Hall–Kier alpha value is -3.65. The largest absolute Gasteiger partial charge is 0.462 e. The van der Waals surface area contributed by atoms with E-state index in [0.717, 1.165) is 5.56 Å². The van der Waals surface area contributed by atoms with Gasteiger partial charge in [-0.2, -0.15) is 15.1 Å². The van der Waals surface area contributed by atoms with E-state index in [1.807, 2.05) is 30.3 Å². The van der Waals surface area contributed by atoms with Gasteiger partial charge in [0.15, 0.2) is 29.4 Å². The summed E-state index contributed by atoms with van der Waals surface area (Å²) in [4.78, 5) is 25.8. The lowest BCUT2D eigenvalue weighted by Gasteiger charge is -2.33. The molecule has 49 heavy (non-hydrogen) atoms. The van der Waals surface area contributed by atoms with Gasteiger partial charge in [0.25, 0.3) is 0 Å². The maximum absolute atomic E-state index is 16.8. The Morgan fingerprint density at radius 2 is 1.80 bits per heavy atom. The first kappa shape index (κ1) is 36.6. The van der Waals surface area contributed by atoms with Gasteiger partial charge < -0.3 is 25.0 Å². The maximum atomic E-state index is 16.8. The highest BCUT2D eigenvalue weighted by molar-refractivity contribution is 7.52. The molecule has 264 valence electrons. The van der Waals surface area contributed by atoms with E-state index in [1.54, 1.807) is 58.0 Å². The molecule has 7 atom stereocenters. The second kappa shape index (κ2) is 15.5. The number of nitrogens with two attached hydrogens (primary N) is 1. The van der Waals surface area contributed by atoms with Crippen LogP contribution < -0.4 is 20.7 Å². The molecule has 1 saturated heterocycles. The monoisotopic (exact) mass is 717 g/mol. The van der Waals surface area contributed by atoms with Gasteiger partial charge in [-0.25, -0.2) is 13.9 Å². The number of fused-ring (bicyclic) bond motifs is 1. The first-order valence-electron chi connectivity index (χ1n) is 16.0. The van der Waals surface area contributed by atoms with E-state index in [1.165, 1.54) is 17.8 Å². The standard InChI is InChI=1S/C33H42ClFN7O6P/c1-20(2)46-31(43)22(4)41-49(44,48-24-14-10-7-11-15-24)45-18-25-33(5,16-21(3)36)27(35)30(47-25)42-19-38-26-28(39-32(34)40-29(26)42)37-17-23-12-8-6-9-13-23/h6-15,19-22,25,27,30H,16-18,36H2,1-5H3,(H,41,44)(H,37,39,40)/t21?,22-,25+,27?,30+,33?,49?/m0/s1. The van der Waals surface area contributed by atoms with Crippen molar-refractivity contribution < 1.29 is 32.3 Å². The molecule has 2 aromatic carbocycles. The molecule has 4 aromatic rings. The average molecular weight is 718 g/mol. The van der Waals surface area contributed by atoms with Gasteiger partial charge in [-0.05, 0) is 63.4 Å². The zero-order valence-electron chi connectivity index (χ0n) is 28.0. The number of nitrogens with zero attached hydrogens (tertiary/aromatic N) is 4. The van der Waals surface area contributed by atoms with Crippen LogP contribution in [-0.4, -0.2) is 62.6 Å². The molecule has 1 aliphatic rings. The van der Waals surface area contributed by atoms with Crippen molar-refractivity contribution in [3.63, 3.8) is 0 Å². The summed E-state index contributed by atoms with van der Waals surface area (Å²) in [6.07, 6.45) is -2.62. The van der Waals surface area contributed by atoms with E-state index >= 15 is 4.39 Å². The molecule has 0 radical (unpaired) electrons. The van der Waals surface area contributed by atoms with Crippen LogP contribution in [0.1, 0.15) is 52.8 Å². The summed E-state index contributed by atoms with van der Waals surface area (Å²) in [5.41, 5.74) is 6.62. The number of hydrogen-bond donors (Lipinski definition) is 3. The SMILES string of the molecule is CC(N)CC1(C)C(F)[C@H](n2cnc3c(NCc4ccccc4)nc(Cl)nc32)O[C@@H]1COP(=O)(N[C@@H](C)C(=O)OC(C)C)Oc1ccccc1. The van der Waals surface area contributed by atoms with Crippen molar-refractivity contribution in [3.8, 4) is 5.75 Å². The first-order chi connectivity index (χ1) is 23.3. The van der Waals surface area contributed by atoms with E-state index in [9.17, 15) is 9.36 Å². The first-order valence-corrected chi connectivity index (χ1v) is 17.9. The fraction of sp³-hybridized carbons (Fsp3) is 0.455. The van der Waals surface area contributed by atoms with Crippen molar-refractivity contribution in [1.29, 1.82) is 0 Å². The Balaban J connectivity index is 1.42. The van der Waals surface area contributed by atoms with E-state index < -0.39 is 55.8 Å². The van der Waals surface area contributed by atoms with Crippen molar-refractivity contribution in [2.45, 2.75) is 84.3 Å². The highest BCUT2D eigenvalue weighted by atomic mass is 35.5. The number of benzene rings is 2. The molecule has 0 saturated carbocycles. The lowest BCUT2D eigenvalue weighted by atomic mass is 9.76. The molecule has 4 N–H and O–H groups in total. The van der Waals surface area contributed by atoms with Gasteiger partial charge in [0.2, 0.25) is 5.28 Å². The second-order valence-electron chi connectivity index (χ2n) is 12.6. The molecule has 3 heterocycles. The van der Waals surface area contributed by atoms with Gasteiger partial charge in [-0.1, -0.05) is 55.5 Å². The van der Waals surface area contributed by atoms with E-state index in [2.05, 4.69) is 25.4 Å². The van der Waals surface area contributed by atoms with Crippen LogP contribution in [-0.2, 0) is 29.9 Å². The van der Waals surface area contributed by atoms with Crippen LogP contribution in [0.3, 0.4) is 0 Å². The molecule has 1 aliphatic heterocycles. The van der Waals surface area contributed by atoms with Crippen molar-refractivity contribution in [2.75, 3.05) is 11.9 Å². The van der Waals surface area contributed by atoms with Crippen molar-refractivity contribution in [2.24, 2.45) is 11.1 Å². The average Bonchev–Trinajstić information content (AvgIpc) is 3.56. The summed E-state index contributed by atoms with van der Waals surface area (Å²) < 4.78 is 55.7. The number of esters is 1. The molecular formula is C33H42ClFN7O6P. The maximum Gasteiger partial charge on any atom is 0.459 e. The zero-order chi connectivity index (χ0) is 35.3. The Kier molecular flexibility index (Phi) is 11.6. The number of alkyl halides is 1. The number of carbonyl (C=O) groups excluding carboxylic acids is 1.